The molecule has 0 saturated carbocycles. The van der Waals surface area contributed by atoms with Crippen LogP contribution in [0.25, 0.3) is 0 Å². The van der Waals surface area contributed by atoms with Crippen LogP contribution >= 0.6 is 0 Å². The monoisotopic (exact) mass is 315 g/mol. The lowest BCUT2D eigenvalue weighted by Gasteiger charge is -2.34. The van der Waals surface area contributed by atoms with Crippen LogP contribution in [0.1, 0.15) is 29.1 Å². The van der Waals surface area contributed by atoms with Crippen LogP contribution in [0.3, 0.4) is 0 Å². The molecule has 1 aliphatic heterocycles. The molecule has 1 amide bonds. The molecule has 2 heterocycles. The highest BCUT2D eigenvalue weighted by atomic mass is 16.3. The lowest BCUT2D eigenvalue weighted by Crippen LogP contribution is -2.35. The number of hydrogen-bond donors (Lipinski definition) is 2. The molecule has 0 radical (unpaired) electrons. The molecule has 2 N–H and O–H groups in total. The molecule has 6 heteroatoms. The van der Waals surface area contributed by atoms with Gasteiger partial charge in [0.05, 0.1) is 11.4 Å². The van der Waals surface area contributed by atoms with Crippen molar-refractivity contribution < 1.29 is 14.3 Å². The Hall–Kier alpha value is -2.34. The van der Waals surface area contributed by atoms with Gasteiger partial charge in [0, 0.05) is 19.7 Å². The number of nitrogens with zero attached hydrogens (tertiary/aromatic N) is 2. The summed E-state index contributed by atoms with van der Waals surface area (Å²) >= 11 is 0. The maximum absolute atomic E-state index is 12.3. The molecule has 23 heavy (non-hydrogen) atoms. The van der Waals surface area contributed by atoms with Crippen molar-refractivity contribution in [3.63, 3.8) is 0 Å². The summed E-state index contributed by atoms with van der Waals surface area (Å²) in [4.78, 5) is 18.5. The standard InChI is InChI=1S/C17H21N3O3/c1-12-16(18-11-23-12)17(22)19-14-4-2-3-5-15(14)20-8-6-13(10-21)7-9-20/h2-5,11,13,21H,6-10H2,1H3,(H,19,22). The van der Waals surface area contributed by atoms with Crippen LogP contribution < -0.4 is 10.2 Å². The number of benzene rings is 1. The molecule has 0 atom stereocenters. The van der Waals surface area contributed by atoms with E-state index in [4.69, 9.17) is 4.42 Å². The zero-order valence-corrected chi connectivity index (χ0v) is 13.2. The number of piperidine rings is 1. The van der Waals surface area contributed by atoms with E-state index in [0.717, 1.165) is 37.3 Å². The average Bonchev–Trinajstić information content (AvgIpc) is 3.02. The van der Waals surface area contributed by atoms with Crippen molar-refractivity contribution in [1.82, 2.24) is 4.98 Å². The number of aliphatic hydroxyl groups is 1. The number of amides is 1. The van der Waals surface area contributed by atoms with Crippen molar-refractivity contribution >= 4 is 17.3 Å². The van der Waals surface area contributed by atoms with Crippen LogP contribution in [0.15, 0.2) is 35.1 Å². The number of oxazole rings is 1. The minimum Gasteiger partial charge on any atom is -0.448 e. The first-order valence-electron chi connectivity index (χ1n) is 7.85. The Labute approximate surface area is 135 Å². The highest BCUT2D eigenvalue weighted by molar-refractivity contribution is 6.05. The third-order valence-corrected chi connectivity index (χ3v) is 4.33. The van der Waals surface area contributed by atoms with Crippen LogP contribution in [0.5, 0.6) is 0 Å². The summed E-state index contributed by atoms with van der Waals surface area (Å²) < 4.78 is 5.09. The highest BCUT2D eigenvalue weighted by Crippen LogP contribution is 2.30. The molecule has 0 spiro atoms. The Morgan fingerprint density at radius 2 is 2.13 bits per heavy atom. The SMILES string of the molecule is Cc1ocnc1C(=O)Nc1ccccc1N1CCC(CO)CC1. The maximum Gasteiger partial charge on any atom is 0.277 e. The summed E-state index contributed by atoms with van der Waals surface area (Å²) in [6.07, 6.45) is 3.19. The van der Waals surface area contributed by atoms with E-state index < -0.39 is 0 Å². The van der Waals surface area contributed by atoms with Gasteiger partial charge in [0.25, 0.3) is 5.91 Å². The van der Waals surface area contributed by atoms with Crippen LogP contribution in [-0.4, -0.2) is 35.7 Å². The summed E-state index contributed by atoms with van der Waals surface area (Å²) in [7, 11) is 0. The molecule has 1 fully saturated rings. The van der Waals surface area contributed by atoms with E-state index in [0.29, 0.717) is 17.4 Å². The van der Waals surface area contributed by atoms with Gasteiger partial charge in [-0.25, -0.2) is 4.98 Å². The molecule has 0 unspecified atom stereocenters. The molecule has 1 aromatic heterocycles. The number of hydrogen-bond acceptors (Lipinski definition) is 5. The Balaban J connectivity index is 1.76. The van der Waals surface area contributed by atoms with Gasteiger partial charge in [-0.2, -0.15) is 0 Å². The molecule has 6 nitrogen and oxygen atoms in total. The Kier molecular flexibility index (Phi) is 4.62. The molecule has 1 saturated heterocycles. The molecule has 122 valence electrons. The number of carbonyl (C=O) groups is 1. The second-order valence-electron chi connectivity index (χ2n) is 5.84. The number of aryl methyl sites for hydroxylation is 1. The largest absolute Gasteiger partial charge is 0.448 e. The van der Waals surface area contributed by atoms with Gasteiger partial charge in [-0.3, -0.25) is 4.79 Å². The number of nitrogens with one attached hydrogen (secondary N) is 1. The average molecular weight is 315 g/mol. The Morgan fingerprint density at radius 1 is 1.39 bits per heavy atom. The van der Waals surface area contributed by atoms with Crippen LogP contribution in [-0.2, 0) is 0 Å². The van der Waals surface area contributed by atoms with E-state index in [1.807, 2.05) is 24.3 Å². The van der Waals surface area contributed by atoms with Crippen molar-refractivity contribution in [3.8, 4) is 0 Å². The van der Waals surface area contributed by atoms with Crippen LogP contribution in [0.4, 0.5) is 11.4 Å². The molecule has 3 rings (SSSR count). The van der Waals surface area contributed by atoms with E-state index in [9.17, 15) is 9.90 Å². The first kappa shape index (κ1) is 15.6. The van der Waals surface area contributed by atoms with Gasteiger partial charge in [0.1, 0.15) is 5.76 Å². The quantitative estimate of drug-likeness (QED) is 0.906. The minimum atomic E-state index is -0.269. The van der Waals surface area contributed by atoms with Crippen molar-refractivity contribution in [2.45, 2.75) is 19.8 Å². The first-order chi connectivity index (χ1) is 11.2. The molecule has 1 aromatic carbocycles. The number of anilines is 2. The second kappa shape index (κ2) is 6.83. The Bertz CT molecular complexity index is 675. The number of para-hydroxylation sites is 2. The van der Waals surface area contributed by atoms with E-state index in [1.165, 1.54) is 6.39 Å². The summed E-state index contributed by atoms with van der Waals surface area (Å²) in [5.74, 6) is 0.614. The third-order valence-electron chi connectivity index (χ3n) is 4.33. The summed E-state index contributed by atoms with van der Waals surface area (Å²) in [5, 5.41) is 12.2. The smallest absolute Gasteiger partial charge is 0.277 e. The number of aliphatic hydroxyl groups excluding tert-OH is 1. The lowest BCUT2D eigenvalue weighted by atomic mass is 9.97. The van der Waals surface area contributed by atoms with E-state index in [1.54, 1.807) is 6.92 Å². The zero-order chi connectivity index (χ0) is 16.2. The molecule has 0 bridgehead atoms. The summed E-state index contributed by atoms with van der Waals surface area (Å²) in [6, 6.07) is 7.75. The number of aromatic nitrogens is 1. The third kappa shape index (κ3) is 3.37. The highest BCUT2D eigenvalue weighted by Gasteiger charge is 2.22. The molecule has 2 aromatic rings. The zero-order valence-electron chi connectivity index (χ0n) is 13.2. The van der Waals surface area contributed by atoms with Crippen molar-refractivity contribution in [2.75, 3.05) is 29.9 Å². The molecule has 1 aliphatic rings. The normalized spacial score (nSPS) is 15.7. The summed E-state index contributed by atoms with van der Waals surface area (Å²) in [5.41, 5.74) is 2.07. The van der Waals surface area contributed by atoms with Crippen molar-refractivity contribution in [3.05, 3.63) is 42.1 Å². The fraction of sp³-hybridized carbons (Fsp3) is 0.412. The fourth-order valence-electron chi connectivity index (χ4n) is 2.92. The van der Waals surface area contributed by atoms with E-state index in [2.05, 4.69) is 15.2 Å². The predicted octanol–water partition coefficient (Wildman–Crippen LogP) is 2.44. The van der Waals surface area contributed by atoms with Gasteiger partial charge in [-0.05, 0) is 37.8 Å². The fourth-order valence-corrected chi connectivity index (χ4v) is 2.92. The maximum atomic E-state index is 12.3. The van der Waals surface area contributed by atoms with Gasteiger partial charge >= 0.3 is 0 Å². The first-order valence-corrected chi connectivity index (χ1v) is 7.85. The lowest BCUT2D eigenvalue weighted by molar-refractivity contribution is 0.102. The minimum absolute atomic E-state index is 0.248. The second-order valence-corrected chi connectivity index (χ2v) is 5.84. The topological polar surface area (TPSA) is 78.6 Å². The van der Waals surface area contributed by atoms with Gasteiger partial charge in [-0.15, -0.1) is 0 Å². The Morgan fingerprint density at radius 3 is 2.78 bits per heavy atom. The van der Waals surface area contributed by atoms with Crippen LogP contribution in [0.2, 0.25) is 0 Å². The van der Waals surface area contributed by atoms with Crippen molar-refractivity contribution in [1.29, 1.82) is 0 Å². The predicted molar refractivity (Wildman–Crippen MR) is 87.7 cm³/mol. The van der Waals surface area contributed by atoms with Gasteiger partial charge in [0.15, 0.2) is 12.1 Å². The number of rotatable bonds is 4. The van der Waals surface area contributed by atoms with Gasteiger partial charge in [0.2, 0.25) is 0 Å². The van der Waals surface area contributed by atoms with Gasteiger partial charge in [-0.1, -0.05) is 12.1 Å². The molecular weight excluding hydrogens is 294 g/mol. The van der Waals surface area contributed by atoms with Gasteiger partial charge < -0.3 is 19.7 Å². The molecular formula is C17H21N3O3. The number of carbonyl (C=O) groups excluding carboxylic acids is 1. The van der Waals surface area contributed by atoms with Crippen LogP contribution in [0, 0.1) is 12.8 Å². The van der Waals surface area contributed by atoms with E-state index in [-0.39, 0.29) is 12.5 Å². The van der Waals surface area contributed by atoms with E-state index >= 15 is 0 Å². The molecule has 0 aliphatic carbocycles. The van der Waals surface area contributed by atoms with Crippen molar-refractivity contribution in [2.24, 2.45) is 5.92 Å². The summed E-state index contributed by atoms with van der Waals surface area (Å²) in [6.45, 7) is 3.72.